The molecule has 0 radical (unpaired) electrons. The van der Waals surface area contributed by atoms with Gasteiger partial charge >= 0.3 is 0 Å². The van der Waals surface area contributed by atoms with Gasteiger partial charge in [0, 0.05) is 12.6 Å². The topological polar surface area (TPSA) is 58.2 Å². The summed E-state index contributed by atoms with van der Waals surface area (Å²) in [6.07, 6.45) is 2.04. The van der Waals surface area contributed by atoms with Crippen molar-refractivity contribution in [3.05, 3.63) is 29.8 Å². The van der Waals surface area contributed by atoms with E-state index in [2.05, 4.69) is 30.8 Å². The third-order valence-electron chi connectivity index (χ3n) is 3.83. The van der Waals surface area contributed by atoms with Crippen LogP contribution in [-0.4, -0.2) is 21.0 Å². The number of nitrogens with one attached hydrogen (secondary N) is 2. The van der Waals surface area contributed by atoms with Crippen LogP contribution in [0.4, 0.5) is 0 Å². The second-order valence-electron chi connectivity index (χ2n) is 5.62. The van der Waals surface area contributed by atoms with Crippen molar-refractivity contribution in [2.45, 2.75) is 58.0 Å². The fourth-order valence-corrected chi connectivity index (χ4v) is 3.33. The summed E-state index contributed by atoms with van der Waals surface area (Å²) in [5, 5.41) is 3.30. The van der Waals surface area contributed by atoms with Gasteiger partial charge < -0.3 is 5.32 Å². The van der Waals surface area contributed by atoms with Crippen LogP contribution in [0.5, 0.6) is 0 Å². The highest BCUT2D eigenvalue weighted by Gasteiger charge is 2.20. The van der Waals surface area contributed by atoms with Crippen molar-refractivity contribution in [3.8, 4) is 0 Å². The number of hydrogen-bond acceptors (Lipinski definition) is 3. The minimum absolute atomic E-state index is 0.0640. The molecule has 2 N–H and O–H groups in total. The number of sulfonamides is 1. The van der Waals surface area contributed by atoms with E-state index in [1.165, 1.54) is 0 Å². The van der Waals surface area contributed by atoms with E-state index in [4.69, 9.17) is 0 Å². The van der Waals surface area contributed by atoms with Crippen molar-refractivity contribution < 1.29 is 8.42 Å². The SMILES string of the molecule is CCCNCc1ccc(S(=O)(=O)NC(C)C(C)CC)cc1. The molecule has 0 amide bonds. The summed E-state index contributed by atoms with van der Waals surface area (Å²) in [6, 6.07) is 7.02. The van der Waals surface area contributed by atoms with Crippen molar-refractivity contribution in [2.24, 2.45) is 5.92 Å². The molecular formula is C16H28N2O2S. The normalized spacial score (nSPS) is 14.9. The van der Waals surface area contributed by atoms with Gasteiger partial charge in [0.15, 0.2) is 0 Å². The highest BCUT2D eigenvalue weighted by atomic mass is 32.2. The van der Waals surface area contributed by atoms with Crippen LogP contribution in [-0.2, 0) is 16.6 Å². The molecule has 4 nitrogen and oxygen atoms in total. The maximum Gasteiger partial charge on any atom is 0.240 e. The Morgan fingerprint density at radius 2 is 1.71 bits per heavy atom. The molecule has 1 aromatic rings. The van der Waals surface area contributed by atoms with Gasteiger partial charge in [0.25, 0.3) is 0 Å². The lowest BCUT2D eigenvalue weighted by molar-refractivity contribution is 0.434. The van der Waals surface area contributed by atoms with Gasteiger partial charge in [-0.25, -0.2) is 13.1 Å². The molecule has 0 saturated carbocycles. The molecule has 0 aliphatic carbocycles. The van der Waals surface area contributed by atoms with Gasteiger partial charge in [0.2, 0.25) is 10.0 Å². The Kier molecular flexibility index (Phi) is 7.35. The van der Waals surface area contributed by atoms with Gasteiger partial charge in [-0.3, -0.25) is 0 Å². The largest absolute Gasteiger partial charge is 0.313 e. The van der Waals surface area contributed by atoms with E-state index in [0.29, 0.717) is 10.8 Å². The van der Waals surface area contributed by atoms with Gasteiger partial charge in [-0.15, -0.1) is 0 Å². The molecule has 5 heteroatoms. The fourth-order valence-electron chi connectivity index (χ4n) is 1.98. The molecule has 0 fully saturated rings. The monoisotopic (exact) mass is 312 g/mol. The predicted octanol–water partition coefficient (Wildman–Crippen LogP) is 2.90. The summed E-state index contributed by atoms with van der Waals surface area (Å²) < 4.78 is 27.4. The second-order valence-corrected chi connectivity index (χ2v) is 7.33. The molecule has 120 valence electrons. The minimum atomic E-state index is -3.43. The standard InChI is InChI=1S/C16H28N2O2S/c1-5-11-17-12-15-7-9-16(10-8-15)21(19,20)18-14(4)13(3)6-2/h7-10,13-14,17-18H,5-6,11-12H2,1-4H3. The molecule has 0 saturated heterocycles. The number of benzene rings is 1. The Morgan fingerprint density at radius 1 is 1.10 bits per heavy atom. The average molecular weight is 312 g/mol. The van der Waals surface area contributed by atoms with E-state index in [9.17, 15) is 8.42 Å². The first-order chi connectivity index (χ1) is 9.90. The molecule has 0 aromatic heterocycles. The van der Waals surface area contributed by atoms with Crippen LogP contribution < -0.4 is 10.0 Å². The van der Waals surface area contributed by atoms with Crippen LogP contribution in [0.3, 0.4) is 0 Å². The Balaban J connectivity index is 2.71. The van der Waals surface area contributed by atoms with E-state index in [1.807, 2.05) is 19.1 Å². The van der Waals surface area contributed by atoms with Crippen LogP contribution in [0.1, 0.15) is 46.1 Å². The van der Waals surface area contributed by atoms with E-state index < -0.39 is 10.0 Å². The van der Waals surface area contributed by atoms with Gasteiger partial charge in [0.1, 0.15) is 0 Å². The fraction of sp³-hybridized carbons (Fsp3) is 0.625. The third-order valence-corrected chi connectivity index (χ3v) is 5.40. The van der Waals surface area contributed by atoms with Crippen LogP contribution in [0.2, 0.25) is 0 Å². The molecular weight excluding hydrogens is 284 g/mol. The summed E-state index contributed by atoms with van der Waals surface area (Å²) in [5.41, 5.74) is 1.09. The molecule has 21 heavy (non-hydrogen) atoms. The summed E-state index contributed by atoms with van der Waals surface area (Å²) in [6.45, 7) is 9.88. The summed E-state index contributed by atoms with van der Waals surface area (Å²) >= 11 is 0. The first-order valence-electron chi connectivity index (χ1n) is 7.72. The zero-order chi connectivity index (χ0) is 15.9. The maximum atomic E-state index is 12.3. The zero-order valence-corrected chi connectivity index (χ0v) is 14.3. The van der Waals surface area contributed by atoms with Crippen LogP contribution in [0.25, 0.3) is 0 Å². The van der Waals surface area contributed by atoms with E-state index in [-0.39, 0.29) is 6.04 Å². The number of rotatable bonds is 9. The first kappa shape index (κ1) is 18.1. The van der Waals surface area contributed by atoms with Gasteiger partial charge in [-0.05, 0) is 43.5 Å². The lowest BCUT2D eigenvalue weighted by Gasteiger charge is -2.19. The Morgan fingerprint density at radius 3 is 2.24 bits per heavy atom. The van der Waals surface area contributed by atoms with Crippen molar-refractivity contribution in [2.75, 3.05) is 6.54 Å². The predicted molar refractivity (Wildman–Crippen MR) is 87.7 cm³/mol. The Bertz CT molecular complexity index is 512. The first-order valence-corrected chi connectivity index (χ1v) is 9.21. The van der Waals surface area contributed by atoms with Gasteiger partial charge in [0.05, 0.1) is 4.90 Å². The molecule has 0 spiro atoms. The quantitative estimate of drug-likeness (QED) is 0.689. The lowest BCUT2D eigenvalue weighted by Crippen LogP contribution is -2.36. The van der Waals surface area contributed by atoms with E-state index in [1.54, 1.807) is 12.1 Å². The summed E-state index contributed by atoms with van der Waals surface area (Å²) in [5.74, 6) is 0.317. The van der Waals surface area contributed by atoms with Crippen LogP contribution >= 0.6 is 0 Å². The van der Waals surface area contributed by atoms with Crippen molar-refractivity contribution in [1.82, 2.24) is 10.0 Å². The highest BCUT2D eigenvalue weighted by molar-refractivity contribution is 7.89. The third kappa shape index (κ3) is 5.77. The van der Waals surface area contributed by atoms with Crippen molar-refractivity contribution >= 4 is 10.0 Å². The summed E-state index contributed by atoms with van der Waals surface area (Å²) in [4.78, 5) is 0.330. The molecule has 0 bridgehead atoms. The Labute approximate surface area is 129 Å². The van der Waals surface area contributed by atoms with Crippen molar-refractivity contribution in [3.63, 3.8) is 0 Å². The van der Waals surface area contributed by atoms with Gasteiger partial charge in [-0.2, -0.15) is 0 Å². The molecule has 1 rings (SSSR count). The van der Waals surface area contributed by atoms with Crippen LogP contribution in [0.15, 0.2) is 29.2 Å². The molecule has 0 aliphatic heterocycles. The van der Waals surface area contributed by atoms with Crippen LogP contribution in [0, 0.1) is 5.92 Å². The second kappa shape index (κ2) is 8.51. The minimum Gasteiger partial charge on any atom is -0.313 e. The smallest absolute Gasteiger partial charge is 0.240 e. The maximum absolute atomic E-state index is 12.3. The Hall–Kier alpha value is -0.910. The molecule has 0 heterocycles. The van der Waals surface area contributed by atoms with Gasteiger partial charge in [-0.1, -0.05) is 39.3 Å². The molecule has 1 aromatic carbocycles. The molecule has 2 atom stereocenters. The molecule has 2 unspecified atom stereocenters. The van der Waals surface area contributed by atoms with E-state index in [0.717, 1.165) is 31.5 Å². The highest BCUT2D eigenvalue weighted by Crippen LogP contribution is 2.14. The average Bonchev–Trinajstić information content (AvgIpc) is 2.46. The summed E-state index contributed by atoms with van der Waals surface area (Å²) in [7, 11) is -3.43. The number of hydrogen-bond donors (Lipinski definition) is 2. The van der Waals surface area contributed by atoms with E-state index >= 15 is 0 Å². The zero-order valence-electron chi connectivity index (χ0n) is 13.5. The molecule has 0 aliphatic rings. The lowest BCUT2D eigenvalue weighted by atomic mass is 10.0. The van der Waals surface area contributed by atoms with Crippen molar-refractivity contribution in [1.29, 1.82) is 0 Å².